The summed E-state index contributed by atoms with van der Waals surface area (Å²) >= 11 is 0. The first-order chi connectivity index (χ1) is 10.7. The summed E-state index contributed by atoms with van der Waals surface area (Å²) in [5, 5.41) is 13.6. The SMILES string of the molecule is CCNC(=NCc1ccn[nH]1)NC(C)CCCN(CC)CC. The Kier molecular flexibility index (Phi) is 9.30. The van der Waals surface area contributed by atoms with Gasteiger partial charge in [-0.3, -0.25) is 5.10 Å². The molecule has 0 saturated heterocycles. The number of hydrogen-bond acceptors (Lipinski definition) is 3. The number of guanidine groups is 1. The molecule has 1 unspecified atom stereocenters. The molecule has 1 aromatic rings. The van der Waals surface area contributed by atoms with E-state index in [1.165, 1.54) is 13.0 Å². The summed E-state index contributed by atoms with van der Waals surface area (Å²) in [4.78, 5) is 7.05. The smallest absolute Gasteiger partial charge is 0.191 e. The lowest BCUT2D eigenvalue weighted by Gasteiger charge is -2.21. The molecule has 1 atom stereocenters. The minimum atomic E-state index is 0.412. The van der Waals surface area contributed by atoms with Gasteiger partial charge in [-0.25, -0.2) is 4.99 Å². The molecule has 1 rings (SSSR count). The zero-order valence-corrected chi connectivity index (χ0v) is 14.5. The van der Waals surface area contributed by atoms with Gasteiger partial charge in [-0.05, 0) is 52.4 Å². The van der Waals surface area contributed by atoms with Crippen molar-refractivity contribution in [1.82, 2.24) is 25.7 Å². The molecule has 0 amide bonds. The van der Waals surface area contributed by atoms with Crippen LogP contribution in [0, 0.1) is 0 Å². The average Bonchev–Trinajstić information content (AvgIpc) is 3.03. The zero-order chi connectivity index (χ0) is 16.2. The molecule has 1 aromatic heterocycles. The highest BCUT2D eigenvalue weighted by Gasteiger charge is 2.06. The zero-order valence-electron chi connectivity index (χ0n) is 14.5. The largest absolute Gasteiger partial charge is 0.357 e. The monoisotopic (exact) mass is 308 g/mol. The van der Waals surface area contributed by atoms with Gasteiger partial charge >= 0.3 is 0 Å². The van der Waals surface area contributed by atoms with Gasteiger partial charge in [0.2, 0.25) is 0 Å². The third-order valence-electron chi connectivity index (χ3n) is 3.70. The minimum absolute atomic E-state index is 0.412. The number of nitrogens with zero attached hydrogens (tertiary/aromatic N) is 3. The van der Waals surface area contributed by atoms with Crippen LogP contribution in [0.4, 0.5) is 0 Å². The van der Waals surface area contributed by atoms with E-state index < -0.39 is 0 Å². The van der Waals surface area contributed by atoms with E-state index in [1.54, 1.807) is 6.20 Å². The molecule has 22 heavy (non-hydrogen) atoms. The van der Waals surface area contributed by atoms with Crippen LogP contribution in [0.2, 0.25) is 0 Å². The molecule has 126 valence electrons. The molecule has 0 aliphatic heterocycles. The molecule has 6 heteroatoms. The fraction of sp³-hybridized carbons (Fsp3) is 0.750. The predicted octanol–water partition coefficient (Wildman–Crippen LogP) is 1.98. The minimum Gasteiger partial charge on any atom is -0.357 e. The highest BCUT2D eigenvalue weighted by atomic mass is 15.2. The van der Waals surface area contributed by atoms with E-state index in [1.807, 2.05) is 6.07 Å². The van der Waals surface area contributed by atoms with Crippen LogP contribution < -0.4 is 10.6 Å². The van der Waals surface area contributed by atoms with Crippen LogP contribution in [-0.4, -0.2) is 53.3 Å². The molecule has 0 fully saturated rings. The second-order valence-electron chi connectivity index (χ2n) is 5.49. The van der Waals surface area contributed by atoms with E-state index in [9.17, 15) is 0 Å². The average molecular weight is 308 g/mol. The fourth-order valence-electron chi connectivity index (χ4n) is 2.32. The van der Waals surface area contributed by atoms with Crippen molar-refractivity contribution >= 4 is 5.96 Å². The van der Waals surface area contributed by atoms with Gasteiger partial charge in [0.1, 0.15) is 0 Å². The van der Waals surface area contributed by atoms with Gasteiger partial charge in [-0.1, -0.05) is 13.8 Å². The van der Waals surface area contributed by atoms with Crippen LogP contribution in [0.15, 0.2) is 17.3 Å². The maximum atomic E-state index is 4.58. The van der Waals surface area contributed by atoms with Crippen LogP contribution in [0.5, 0.6) is 0 Å². The van der Waals surface area contributed by atoms with Crippen molar-refractivity contribution < 1.29 is 0 Å². The highest BCUT2D eigenvalue weighted by Crippen LogP contribution is 2.00. The number of aromatic nitrogens is 2. The predicted molar refractivity (Wildman–Crippen MR) is 93.0 cm³/mol. The van der Waals surface area contributed by atoms with E-state index in [4.69, 9.17) is 0 Å². The molecular weight excluding hydrogens is 276 g/mol. The van der Waals surface area contributed by atoms with Crippen molar-refractivity contribution in [2.24, 2.45) is 4.99 Å². The van der Waals surface area contributed by atoms with E-state index in [0.29, 0.717) is 12.6 Å². The normalized spacial score (nSPS) is 13.4. The summed E-state index contributed by atoms with van der Waals surface area (Å²) in [6.07, 6.45) is 4.10. The second kappa shape index (κ2) is 11.1. The fourth-order valence-corrected chi connectivity index (χ4v) is 2.32. The molecular formula is C16H32N6. The second-order valence-corrected chi connectivity index (χ2v) is 5.49. The maximum absolute atomic E-state index is 4.58. The lowest BCUT2D eigenvalue weighted by molar-refractivity contribution is 0.292. The van der Waals surface area contributed by atoms with Crippen LogP contribution in [0.3, 0.4) is 0 Å². The molecule has 0 bridgehead atoms. The first-order valence-electron chi connectivity index (χ1n) is 8.45. The van der Waals surface area contributed by atoms with Crippen molar-refractivity contribution in [3.05, 3.63) is 18.0 Å². The molecule has 0 aromatic carbocycles. The maximum Gasteiger partial charge on any atom is 0.191 e. The highest BCUT2D eigenvalue weighted by molar-refractivity contribution is 5.79. The Morgan fingerprint density at radius 3 is 2.73 bits per heavy atom. The lowest BCUT2D eigenvalue weighted by Crippen LogP contribution is -2.42. The van der Waals surface area contributed by atoms with E-state index in [2.05, 4.69) is 58.4 Å². The Hall–Kier alpha value is -1.56. The van der Waals surface area contributed by atoms with Crippen molar-refractivity contribution in [2.45, 2.75) is 53.1 Å². The first kappa shape index (κ1) is 18.5. The molecule has 0 aliphatic rings. The first-order valence-corrected chi connectivity index (χ1v) is 8.45. The van der Waals surface area contributed by atoms with Gasteiger partial charge in [-0.15, -0.1) is 0 Å². The Bertz CT molecular complexity index is 397. The Balaban J connectivity index is 2.36. The summed E-state index contributed by atoms with van der Waals surface area (Å²) in [5.74, 6) is 0.868. The lowest BCUT2D eigenvalue weighted by atomic mass is 10.2. The summed E-state index contributed by atoms with van der Waals surface area (Å²) < 4.78 is 0. The summed E-state index contributed by atoms with van der Waals surface area (Å²) in [7, 11) is 0. The molecule has 1 heterocycles. The Morgan fingerprint density at radius 2 is 2.14 bits per heavy atom. The van der Waals surface area contributed by atoms with Crippen LogP contribution in [-0.2, 0) is 6.54 Å². The van der Waals surface area contributed by atoms with Crippen LogP contribution in [0.25, 0.3) is 0 Å². The summed E-state index contributed by atoms with van der Waals surface area (Å²) in [5.41, 5.74) is 1.02. The number of aromatic amines is 1. The number of nitrogens with one attached hydrogen (secondary N) is 3. The van der Waals surface area contributed by atoms with E-state index >= 15 is 0 Å². The standard InChI is InChI=1S/C16H32N6/c1-5-17-16(18-13-15-10-11-19-21-15)20-14(4)9-8-12-22(6-2)7-3/h10-11,14H,5-9,12-13H2,1-4H3,(H,19,21)(H2,17,18,20). The van der Waals surface area contributed by atoms with E-state index in [0.717, 1.165) is 37.7 Å². The Morgan fingerprint density at radius 1 is 1.36 bits per heavy atom. The van der Waals surface area contributed by atoms with Gasteiger partial charge in [-0.2, -0.15) is 5.10 Å². The molecule has 0 radical (unpaired) electrons. The molecule has 0 spiro atoms. The van der Waals surface area contributed by atoms with Crippen molar-refractivity contribution in [3.8, 4) is 0 Å². The van der Waals surface area contributed by atoms with Crippen LogP contribution in [0.1, 0.15) is 46.2 Å². The van der Waals surface area contributed by atoms with Gasteiger partial charge in [0.25, 0.3) is 0 Å². The third kappa shape index (κ3) is 7.45. The molecule has 6 nitrogen and oxygen atoms in total. The van der Waals surface area contributed by atoms with Crippen molar-refractivity contribution in [1.29, 1.82) is 0 Å². The van der Waals surface area contributed by atoms with E-state index in [-0.39, 0.29) is 0 Å². The van der Waals surface area contributed by atoms with Gasteiger partial charge in [0.05, 0.1) is 12.2 Å². The number of H-pyrrole nitrogens is 1. The summed E-state index contributed by atoms with van der Waals surface area (Å²) in [6.45, 7) is 13.6. The number of hydrogen-bond donors (Lipinski definition) is 3. The van der Waals surface area contributed by atoms with Crippen molar-refractivity contribution in [2.75, 3.05) is 26.2 Å². The Labute approximate surface area is 134 Å². The molecule has 3 N–H and O–H groups in total. The molecule has 0 saturated carbocycles. The quantitative estimate of drug-likeness (QED) is 0.457. The van der Waals surface area contributed by atoms with Crippen LogP contribution >= 0.6 is 0 Å². The topological polar surface area (TPSA) is 68.3 Å². The van der Waals surface area contributed by atoms with Crippen molar-refractivity contribution in [3.63, 3.8) is 0 Å². The van der Waals surface area contributed by atoms with Gasteiger partial charge < -0.3 is 15.5 Å². The molecule has 0 aliphatic carbocycles. The number of rotatable bonds is 10. The third-order valence-corrected chi connectivity index (χ3v) is 3.70. The van der Waals surface area contributed by atoms with Gasteiger partial charge in [0, 0.05) is 18.8 Å². The number of aliphatic imine (C=N–C) groups is 1. The summed E-state index contributed by atoms with van der Waals surface area (Å²) in [6, 6.07) is 2.36. The van der Waals surface area contributed by atoms with Gasteiger partial charge in [0.15, 0.2) is 5.96 Å².